The van der Waals surface area contributed by atoms with E-state index in [1.165, 1.54) is 7.11 Å². The number of methoxy groups -OCH3 is 1. The summed E-state index contributed by atoms with van der Waals surface area (Å²) in [6, 6.07) is 13.9. The number of fused-ring (bicyclic) bond motifs is 1. The van der Waals surface area contributed by atoms with Crippen LogP contribution in [0.5, 0.6) is 5.75 Å². The molecule has 4 rings (SSSR count). The third-order valence-corrected chi connectivity index (χ3v) is 6.76. The van der Waals surface area contributed by atoms with Gasteiger partial charge in [0.15, 0.2) is 0 Å². The Morgan fingerprint density at radius 1 is 1.10 bits per heavy atom. The zero-order valence-corrected chi connectivity index (χ0v) is 23.0. The van der Waals surface area contributed by atoms with Crippen LogP contribution in [0.3, 0.4) is 0 Å². The third kappa shape index (κ3) is 9.52. The van der Waals surface area contributed by atoms with E-state index in [-0.39, 0.29) is 12.8 Å². The van der Waals surface area contributed by atoms with Gasteiger partial charge in [-0.25, -0.2) is 13.8 Å². The number of nitrogens with zero attached hydrogens (tertiary/aromatic N) is 1. The normalized spacial score (nSPS) is 18.6. The number of alkyl halides is 5. The topological polar surface area (TPSA) is 123 Å². The van der Waals surface area contributed by atoms with Gasteiger partial charge in [-0.05, 0) is 25.3 Å². The van der Waals surface area contributed by atoms with E-state index in [2.05, 4.69) is 15.6 Å². The molecule has 0 aromatic heterocycles. The molecule has 2 aromatic carbocycles. The van der Waals surface area contributed by atoms with E-state index in [0.29, 0.717) is 41.1 Å². The molecule has 0 spiro atoms. The summed E-state index contributed by atoms with van der Waals surface area (Å²) in [6.07, 6.45) is -5.87. The molecule has 42 heavy (non-hydrogen) atoms. The lowest BCUT2D eigenvalue weighted by atomic mass is 9.97. The first-order valence-electron chi connectivity index (χ1n) is 13.4. The smallest absolute Gasteiger partial charge is 0.389 e. The molecule has 0 saturated heterocycles. The van der Waals surface area contributed by atoms with Crippen molar-refractivity contribution in [2.75, 3.05) is 12.4 Å². The monoisotopic (exact) mass is 596 g/mol. The zero-order valence-electron chi connectivity index (χ0n) is 23.0. The number of anilines is 1. The van der Waals surface area contributed by atoms with Crippen LogP contribution in [0.2, 0.25) is 0 Å². The molecule has 4 N–H and O–H groups in total. The van der Waals surface area contributed by atoms with Gasteiger partial charge >= 0.3 is 6.18 Å². The van der Waals surface area contributed by atoms with Gasteiger partial charge in [0.05, 0.1) is 18.5 Å². The molecule has 1 aliphatic heterocycles. The Balaban J connectivity index is 0.000000521. The predicted octanol–water partition coefficient (Wildman–Crippen LogP) is 5.35. The minimum atomic E-state index is -4.52. The average Bonchev–Trinajstić information content (AvgIpc) is 3.07. The number of carbonyl (C=O) groups excluding carboxylic acids is 3. The molecule has 2 unspecified atom stereocenters. The van der Waals surface area contributed by atoms with Crippen molar-refractivity contribution in [2.24, 2.45) is 16.6 Å². The molecule has 1 saturated carbocycles. The lowest BCUT2D eigenvalue weighted by Gasteiger charge is -2.20. The Morgan fingerprint density at radius 2 is 1.76 bits per heavy atom. The second kappa shape index (κ2) is 14.2. The molecule has 8 nitrogen and oxygen atoms in total. The number of benzodiazepines with no additional fused rings is 1. The van der Waals surface area contributed by atoms with Gasteiger partial charge in [0, 0.05) is 42.7 Å². The lowest BCUT2D eigenvalue weighted by Crippen LogP contribution is -2.45. The number of aliphatic imine (C=N–C) groups is 1. The maximum atomic E-state index is 13.0. The summed E-state index contributed by atoms with van der Waals surface area (Å²) < 4.78 is 67.9. The number of amides is 3. The quantitative estimate of drug-likeness (QED) is 0.356. The van der Waals surface area contributed by atoms with Crippen LogP contribution in [-0.4, -0.2) is 48.8 Å². The Hall–Kier alpha value is -4.03. The fourth-order valence-corrected chi connectivity index (χ4v) is 4.63. The third-order valence-electron chi connectivity index (χ3n) is 6.76. The number of hydrogen-bond acceptors (Lipinski definition) is 5. The van der Waals surface area contributed by atoms with Crippen molar-refractivity contribution >= 4 is 29.1 Å². The summed E-state index contributed by atoms with van der Waals surface area (Å²) in [7, 11) is 1.43. The molecule has 13 heteroatoms. The van der Waals surface area contributed by atoms with Crippen LogP contribution in [0.1, 0.15) is 62.5 Å². The molecular weight excluding hydrogens is 563 g/mol. The van der Waals surface area contributed by atoms with E-state index in [0.717, 1.165) is 6.42 Å². The summed E-state index contributed by atoms with van der Waals surface area (Å²) >= 11 is 0. The number of halogens is 5. The van der Waals surface area contributed by atoms with Gasteiger partial charge in [-0.15, -0.1) is 0 Å². The number of hydrogen-bond donors (Lipinski definition) is 3. The summed E-state index contributed by atoms with van der Waals surface area (Å²) in [5.74, 6) is -5.92. The molecule has 228 valence electrons. The highest BCUT2D eigenvalue weighted by Gasteiger charge is 2.34. The summed E-state index contributed by atoms with van der Waals surface area (Å²) in [5, 5.41) is 5.04. The maximum absolute atomic E-state index is 13.0. The van der Waals surface area contributed by atoms with Gasteiger partial charge in [0.25, 0.3) is 5.91 Å². The Labute approximate surface area is 239 Å². The number of benzene rings is 2. The molecule has 0 radical (unpaired) electrons. The van der Waals surface area contributed by atoms with Crippen molar-refractivity contribution in [2.45, 2.75) is 69.6 Å². The second-order valence-electron chi connectivity index (χ2n) is 10.1. The first-order chi connectivity index (χ1) is 19.8. The number of primary amides is 1. The first-order valence-corrected chi connectivity index (χ1v) is 13.4. The highest BCUT2D eigenvalue weighted by Crippen LogP contribution is 2.33. The van der Waals surface area contributed by atoms with Gasteiger partial charge in [0.1, 0.15) is 5.75 Å². The number of nitrogens with two attached hydrogens (primary N) is 1. The van der Waals surface area contributed by atoms with Crippen LogP contribution in [0.25, 0.3) is 0 Å². The van der Waals surface area contributed by atoms with E-state index < -0.39 is 61.2 Å². The van der Waals surface area contributed by atoms with E-state index in [1.807, 2.05) is 0 Å². The molecule has 2 aliphatic rings. The van der Waals surface area contributed by atoms with Gasteiger partial charge in [-0.2, -0.15) is 13.2 Å². The minimum Gasteiger partial charge on any atom is -0.495 e. The van der Waals surface area contributed by atoms with Crippen LogP contribution >= 0.6 is 0 Å². The van der Waals surface area contributed by atoms with Gasteiger partial charge in [0.2, 0.25) is 23.9 Å². The number of para-hydroxylation sites is 1. The van der Waals surface area contributed by atoms with Crippen molar-refractivity contribution in [1.29, 1.82) is 0 Å². The zero-order chi connectivity index (χ0) is 30.9. The highest BCUT2D eigenvalue weighted by atomic mass is 19.4. The van der Waals surface area contributed by atoms with Gasteiger partial charge in [-0.3, -0.25) is 14.4 Å². The van der Waals surface area contributed by atoms with E-state index in [1.54, 1.807) is 48.5 Å². The number of rotatable bonds is 8. The molecule has 0 bridgehead atoms. The van der Waals surface area contributed by atoms with Gasteiger partial charge in [-0.1, -0.05) is 48.9 Å². The molecule has 1 fully saturated rings. The average molecular weight is 597 g/mol. The predicted molar refractivity (Wildman–Crippen MR) is 146 cm³/mol. The van der Waals surface area contributed by atoms with Crippen LogP contribution in [0, 0.1) is 5.92 Å². The van der Waals surface area contributed by atoms with Crippen molar-refractivity contribution in [1.82, 2.24) is 5.32 Å². The largest absolute Gasteiger partial charge is 0.495 e. The lowest BCUT2D eigenvalue weighted by molar-refractivity contribution is -0.143. The van der Waals surface area contributed by atoms with E-state index in [9.17, 15) is 36.3 Å². The Morgan fingerprint density at radius 3 is 2.31 bits per heavy atom. The standard InChI is InChI=1S/C23H23F3N4O4.C6H10F2/c1-34-16-9-5-8-15-18(13-6-3-2-4-7-13)28-20(22(33)29-19(15)16)30-21(32)14(12-17(27)31)10-11-23(24,25)26;7-6(8)4-2-1-3-5-6/h2-9,14,20H,10-12H2,1H3,(H2,27,31)(H,29,33)(H,30,32);1-5H2. The van der Waals surface area contributed by atoms with Crippen LogP contribution in [-0.2, 0) is 14.4 Å². The van der Waals surface area contributed by atoms with Crippen molar-refractivity contribution < 1.29 is 41.1 Å². The molecule has 2 atom stereocenters. The molecule has 1 heterocycles. The maximum Gasteiger partial charge on any atom is 0.389 e. The Bertz CT molecular complexity index is 1280. The van der Waals surface area contributed by atoms with E-state index in [4.69, 9.17) is 10.5 Å². The van der Waals surface area contributed by atoms with Crippen molar-refractivity contribution in [3.63, 3.8) is 0 Å². The SMILES string of the molecule is COc1cccc2c1NC(=O)C(NC(=O)C(CCC(F)(F)F)CC(N)=O)N=C2c1ccccc1.FC1(F)CCCCC1. The number of ether oxygens (including phenoxy) is 1. The molecule has 2 aromatic rings. The minimum absolute atomic E-state index is 0.118. The molecule has 3 amide bonds. The second-order valence-corrected chi connectivity index (χ2v) is 10.1. The highest BCUT2D eigenvalue weighted by molar-refractivity contribution is 6.20. The molecule has 1 aliphatic carbocycles. The van der Waals surface area contributed by atoms with Crippen LogP contribution in [0.15, 0.2) is 53.5 Å². The Kier molecular flexibility index (Phi) is 11.0. The van der Waals surface area contributed by atoms with Crippen LogP contribution in [0.4, 0.5) is 27.6 Å². The van der Waals surface area contributed by atoms with Crippen LogP contribution < -0.4 is 21.1 Å². The summed E-state index contributed by atoms with van der Waals surface area (Å²) in [4.78, 5) is 41.5. The first kappa shape index (κ1) is 32.5. The van der Waals surface area contributed by atoms with Crippen molar-refractivity contribution in [3.05, 3.63) is 59.7 Å². The van der Waals surface area contributed by atoms with Crippen molar-refractivity contribution in [3.8, 4) is 5.75 Å². The summed E-state index contributed by atoms with van der Waals surface area (Å²) in [5.41, 5.74) is 6.98. The number of nitrogens with one attached hydrogen (secondary N) is 2. The fourth-order valence-electron chi connectivity index (χ4n) is 4.63. The number of carbonyl (C=O) groups is 3. The fraction of sp³-hybridized carbons (Fsp3) is 0.448. The summed E-state index contributed by atoms with van der Waals surface area (Å²) in [6.45, 7) is 0. The molecular formula is C29H33F5N4O4. The van der Waals surface area contributed by atoms with E-state index >= 15 is 0 Å². The van der Waals surface area contributed by atoms with Gasteiger partial charge < -0.3 is 21.1 Å².